The Kier molecular flexibility index (Phi) is 22.4. The minimum atomic E-state index is -0.0200. The van der Waals surface area contributed by atoms with Gasteiger partial charge in [0.2, 0.25) is 0 Å². The molecule has 0 spiro atoms. The highest BCUT2D eigenvalue weighted by Gasteiger charge is 2.17. The Hall–Kier alpha value is -3.19. The van der Waals surface area contributed by atoms with Crippen molar-refractivity contribution in [3.63, 3.8) is 0 Å². The monoisotopic (exact) mass is 819 g/mol. The summed E-state index contributed by atoms with van der Waals surface area (Å²) in [4.78, 5) is 5.03. The average Bonchev–Trinajstić information content (AvgIpc) is 3.72. The molecule has 0 aliphatic heterocycles. The summed E-state index contributed by atoms with van der Waals surface area (Å²) in [6, 6.07) is 12.2. The van der Waals surface area contributed by atoms with Crippen LogP contribution in [-0.2, 0) is 57.3 Å². The van der Waals surface area contributed by atoms with Crippen molar-refractivity contribution in [1.29, 1.82) is 0 Å². The van der Waals surface area contributed by atoms with E-state index in [0.29, 0.717) is 136 Å². The SMILES string of the molecule is Cc1noc(C)c1-c1ccc2c(c1)nc(CCc1ccc(OCCOCCOCCOCCOCCOCCOCCOCCOCCN)c(Cl)c1)n2C[C@H](C)N. The third kappa shape index (κ3) is 17.3. The van der Waals surface area contributed by atoms with E-state index in [1.807, 2.05) is 39.0 Å². The summed E-state index contributed by atoms with van der Waals surface area (Å²) in [5, 5.41) is 4.67. The maximum atomic E-state index is 6.60. The molecule has 2 heterocycles. The minimum absolute atomic E-state index is 0.0200. The number of aromatic nitrogens is 3. The van der Waals surface area contributed by atoms with E-state index in [9.17, 15) is 0 Å². The van der Waals surface area contributed by atoms with Crippen molar-refractivity contribution in [1.82, 2.24) is 14.7 Å². The van der Waals surface area contributed by atoms with Crippen LogP contribution in [0, 0.1) is 13.8 Å². The number of hydrogen-bond donors (Lipinski definition) is 2. The van der Waals surface area contributed by atoms with Crippen molar-refractivity contribution in [3.05, 3.63) is 64.3 Å². The number of nitrogens with two attached hydrogens (primary N) is 2. The Morgan fingerprint density at radius 1 is 0.684 bits per heavy atom. The van der Waals surface area contributed by atoms with E-state index >= 15 is 0 Å². The van der Waals surface area contributed by atoms with Gasteiger partial charge in [-0.1, -0.05) is 28.9 Å². The van der Waals surface area contributed by atoms with Gasteiger partial charge >= 0.3 is 0 Å². The van der Waals surface area contributed by atoms with Crippen LogP contribution in [0.5, 0.6) is 5.75 Å². The first-order chi connectivity index (χ1) is 27.9. The van der Waals surface area contributed by atoms with Gasteiger partial charge in [-0.15, -0.1) is 0 Å². The van der Waals surface area contributed by atoms with Crippen LogP contribution < -0.4 is 16.2 Å². The molecule has 15 nitrogen and oxygen atoms in total. The summed E-state index contributed by atoms with van der Waals surface area (Å²) in [7, 11) is 0. The molecule has 318 valence electrons. The summed E-state index contributed by atoms with van der Waals surface area (Å²) < 4.78 is 57.3. The summed E-state index contributed by atoms with van der Waals surface area (Å²) in [6.45, 7) is 15.4. The van der Waals surface area contributed by atoms with Gasteiger partial charge in [0.15, 0.2) is 0 Å². The van der Waals surface area contributed by atoms with Crippen molar-refractivity contribution in [3.8, 4) is 16.9 Å². The number of nitrogens with zero attached hydrogens (tertiary/aromatic N) is 3. The van der Waals surface area contributed by atoms with Crippen LogP contribution in [0.4, 0.5) is 0 Å². The lowest BCUT2D eigenvalue weighted by atomic mass is 10.0. The zero-order chi connectivity index (χ0) is 40.5. The van der Waals surface area contributed by atoms with E-state index in [1.54, 1.807) is 0 Å². The van der Waals surface area contributed by atoms with Gasteiger partial charge in [-0.3, -0.25) is 0 Å². The van der Waals surface area contributed by atoms with Crippen LogP contribution in [0.15, 0.2) is 40.9 Å². The van der Waals surface area contributed by atoms with Crippen LogP contribution in [0.2, 0.25) is 5.02 Å². The van der Waals surface area contributed by atoms with E-state index in [2.05, 4.69) is 27.9 Å². The first-order valence-electron chi connectivity index (χ1n) is 19.8. The van der Waals surface area contributed by atoms with E-state index in [4.69, 9.17) is 75.2 Å². The van der Waals surface area contributed by atoms with Crippen molar-refractivity contribution in [2.75, 3.05) is 119 Å². The Morgan fingerprint density at radius 2 is 1.21 bits per heavy atom. The topological polar surface area (TPSA) is 179 Å². The highest BCUT2D eigenvalue weighted by Crippen LogP contribution is 2.31. The first-order valence-corrected chi connectivity index (χ1v) is 20.2. The molecule has 0 aliphatic carbocycles. The molecule has 2 aromatic heterocycles. The fourth-order valence-corrected chi connectivity index (χ4v) is 6.18. The zero-order valence-corrected chi connectivity index (χ0v) is 34.6. The smallest absolute Gasteiger partial charge is 0.141 e. The van der Waals surface area contributed by atoms with E-state index in [0.717, 1.165) is 57.8 Å². The second-order valence-corrected chi connectivity index (χ2v) is 13.7. The summed E-state index contributed by atoms with van der Waals surface area (Å²) in [6.07, 6.45) is 1.49. The number of rotatable bonds is 33. The molecule has 0 radical (unpaired) electrons. The average molecular weight is 820 g/mol. The first kappa shape index (κ1) is 46.5. The molecule has 0 bridgehead atoms. The number of ether oxygens (including phenoxy) is 9. The fourth-order valence-electron chi connectivity index (χ4n) is 5.92. The largest absolute Gasteiger partial charge is 0.490 e. The lowest BCUT2D eigenvalue weighted by molar-refractivity contribution is -0.0234. The molecule has 0 saturated heterocycles. The normalized spacial score (nSPS) is 12.2. The van der Waals surface area contributed by atoms with Gasteiger partial charge in [-0.25, -0.2) is 4.98 Å². The van der Waals surface area contributed by atoms with E-state index in [-0.39, 0.29) is 6.04 Å². The Balaban J connectivity index is 0.991. The second kappa shape index (κ2) is 27.5. The number of benzene rings is 2. The minimum Gasteiger partial charge on any atom is -0.490 e. The van der Waals surface area contributed by atoms with Crippen molar-refractivity contribution < 1.29 is 47.2 Å². The fraction of sp³-hybridized carbons (Fsp3) is 0.610. The lowest BCUT2D eigenvalue weighted by Crippen LogP contribution is -2.23. The summed E-state index contributed by atoms with van der Waals surface area (Å²) >= 11 is 6.60. The zero-order valence-electron chi connectivity index (χ0n) is 33.8. The van der Waals surface area contributed by atoms with E-state index in [1.165, 1.54) is 0 Å². The van der Waals surface area contributed by atoms with Gasteiger partial charge in [0.1, 0.15) is 23.9 Å². The molecule has 2 aromatic carbocycles. The van der Waals surface area contributed by atoms with Gasteiger partial charge in [-0.05, 0) is 62.6 Å². The maximum Gasteiger partial charge on any atom is 0.141 e. The van der Waals surface area contributed by atoms with Crippen LogP contribution in [0.1, 0.15) is 29.8 Å². The molecule has 1 atom stereocenters. The predicted octanol–water partition coefficient (Wildman–Crippen LogP) is 4.56. The van der Waals surface area contributed by atoms with Gasteiger partial charge < -0.3 is 63.2 Å². The summed E-state index contributed by atoms with van der Waals surface area (Å²) in [5.74, 6) is 2.39. The molecule has 0 saturated carbocycles. The molecule has 4 rings (SSSR count). The van der Waals surface area contributed by atoms with Crippen molar-refractivity contribution in [2.45, 2.75) is 46.2 Å². The molecule has 4 N–H and O–H groups in total. The molecule has 0 unspecified atom stereocenters. The van der Waals surface area contributed by atoms with E-state index < -0.39 is 0 Å². The maximum absolute atomic E-state index is 6.60. The van der Waals surface area contributed by atoms with Gasteiger partial charge in [-0.2, -0.15) is 0 Å². The lowest BCUT2D eigenvalue weighted by Gasteiger charge is -2.13. The molecular weight excluding hydrogens is 758 g/mol. The number of aryl methyl sites for hydroxylation is 4. The Labute approximate surface area is 341 Å². The highest BCUT2D eigenvalue weighted by atomic mass is 35.5. The molecule has 57 heavy (non-hydrogen) atoms. The predicted molar refractivity (Wildman–Crippen MR) is 218 cm³/mol. The quantitative estimate of drug-likeness (QED) is 0.0639. The number of imidazole rings is 1. The molecule has 0 amide bonds. The molecule has 0 aliphatic rings. The molecule has 16 heteroatoms. The highest BCUT2D eigenvalue weighted by molar-refractivity contribution is 6.32. The van der Waals surface area contributed by atoms with Crippen LogP contribution in [0.25, 0.3) is 22.2 Å². The number of fused-ring (bicyclic) bond motifs is 1. The number of halogens is 1. The standard InChI is InChI=1S/C41H62ClN5O10/c1-31(44)30-47-38-7-6-35(41-32(2)46-57-33(41)3)29-37(38)45-40(47)9-5-34-4-8-39(36(42)28-34)56-27-26-55-25-24-54-23-22-53-21-20-52-19-18-51-17-16-50-15-14-49-13-12-48-11-10-43/h4,6-8,28-29,31H,5,9-27,30,43-44H2,1-3H3/t31-/m0/s1. The molecule has 0 fully saturated rings. The van der Waals surface area contributed by atoms with Crippen LogP contribution in [-0.4, -0.2) is 140 Å². The summed E-state index contributed by atoms with van der Waals surface area (Å²) in [5.41, 5.74) is 17.6. The Morgan fingerprint density at radius 3 is 1.68 bits per heavy atom. The van der Waals surface area contributed by atoms with Crippen LogP contribution in [0.3, 0.4) is 0 Å². The molecule has 4 aromatic rings. The third-order valence-electron chi connectivity index (χ3n) is 8.60. The Bertz CT molecular complexity index is 1670. The van der Waals surface area contributed by atoms with Crippen LogP contribution >= 0.6 is 11.6 Å². The molecular formula is C41H62ClN5O10. The third-order valence-corrected chi connectivity index (χ3v) is 8.90. The van der Waals surface area contributed by atoms with Gasteiger partial charge in [0, 0.05) is 31.1 Å². The van der Waals surface area contributed by atoms with Gasteiger partial charge in [0.05, 0.1) is 127 Å². The van der Waals surface area contributed by atoms with Gasteiger partial charge in [0.25, 0.3) is 0 Å². The number of hydrogen-bond acceptors (Lipinski definition) is 14. The van der Waals surface area contributed by atoms with Crippen molar-refractivity contribution in [2.24, 2.45) is 11.5 Å². The second-order valence-electron chi connectivity index (χ2n) is 13.3. The van der Waals surface area contributed by atoms with Crippen molar-refractivity contribution >= 4 is 22.6 Å².